The Balaban J connectivity index is 1.68. The van der Waals surface area contributed by atoms with Crippen LogP contribution in [0.5, 0.6) is 0 Å². The van der Waals surface area contributed by atoms with Gasteiger partial charge in [-0.2, -0.15) is 5.10 Å². The normalized spacial score (nSPS) is 18.6. The van der Waals surface area contributed by atoms with Crippen molar-refractivity contribution in [3.63, 3.8) is 0 Å². The molecule has 4 nitrogen and oxygen atoms in total. The van der Waals surface area contributed by atoms with E-state index >= 15 is 0 Å². The van der Waals surface area contributed by atoms with Crippen LogP contribution in [0.4, 0.5) is 5.69 Å². The van der Waals surface area contributed by atoms with Crippen molar-refractivity contribution < 1.29 is 0 Å². The molecular weight excluding hydrogens is 212 g/mol. The summed E-state index contributed by atoms with van der Waals surface area (Å²) < 4.78 is 1.94. The second kappa shape index (κ2) is 6.05. The van der Waals surface area contributed by atoms with Crippen LogP contribution in [0.3, 0.4) is 0 Å². The van der Waals surface area contributed by atoms with Crippen LogP contribution in [0, 0.1) is 5.92 Å². The summed E-state index contributed by atoms with van der Waals surface area (Å²) in [5.41, 5.74) is 6.40. The molecule has 4 heteroatoms. The highest BCUT2D eigenvalue weighted by atomic mass is 15.3. The molecule has 2 N–H and O–H groups in total. The van der Waals surface area contributed by atoms with Gasteiger partial charge in [-0.25, -0.2) is 0 Å². The molecule has 1 aromatic rings. The van der Waals surface area contributed by atoms with E-state index in [0.717, 1.165) is 24.7 Å². The number of hydrogen-bond acceptors (Lipinski definition) is 3. The molecular formula is C13H24N4. The molecule has 0 saturated carbocycles. The van der Waals surface area contributed by atoms with E-state index in [4.69, 9.17) is 5.73 Å². The minimum absolute atomic E-state index is 0.756. The van der Waals surface area contributed by atoms with Crippen LogP contribution >= 0.6 is 0 Å². The van der Waals surface area contributed by atoms with E-state index < -0.39 is 0 Å². The average Bonchev–Trinajstić information content (AvgIpc) is 2.75. The maximum atomic E-state index is 5.64. The molecule has 0 aromatic carbocycles. The van der Waals surface area contributed by atoms with Gasteiger partial charge in [-0.3, -0.25) is 4.68 Å². The van der Waals surface area contributed by atoms with Gasteiger partial charge in [0.25, 0.3) is 0 Å². The third kappa shape index (κ3) is 3.73. The third-order valence-corrected chi connectivity index (χ3v) is 3.70. The summed E-state index contributed by atoms with van der Waals surface area (Å²) in [6.07, 6.45) is 9.10. The average molecular weight is 236 g/mol. The highest BCUT2D eigenvalue weighted by Gasteiger charge is 2.17. The van der Waals surface area contributed by atoms with Crippen molar-refractivity contribution in [3.8, 4) is 0 Å². The Morgan fingerprint density at radius 1 is 1.35 bits per heavy atom. The SMILES string of the molecule is CCCC1CCN(CCn2cc(N)cn2)CC1. The molecule has 0 unspecified atom stereocenters. The molecule has 1 aliphatic rings. The van der Waals surface area contributed by atoms with Crippen LogP contribution in [0.1, 0.15) is 32.6 Å². The number of hydrogen-bond donors (Lipinski definition) is 1. The predicted molar refractivity (Wildman–Crippen MR) is 70.7 cm³/mol. The Bertz CT molecular complexity index is 326. The smallest absolute Gasteiger partial charge is 0.0719 e. The molecule has 1 aliphatic heterocycles. The second-order valence-corrected chi connectivity index (χ2v) is 5.11. The molecule has 0 aliphatic carbocycles. The van der Waals surface area contributed by atoms with E-state index in [1.807, 2.05) is 10.9 Å². The van der Waals surface area contributed by atoms with Crippen LogP contribution < -0.4 is 5.73 Å². The molecule has 0 radical (unpaired) electrons. The Morgan fingerprint density at radius 3 is 2.71 bits per heavy atom. The van der Waals surface area contributed by atoms with Crippen molar-refractivity contribution >= 4 is 5.69 Å². The number of rotatable bonds is 5. The van der Waals surface area contributed by atoms with E-state index in [2.05, 4.69) is 16.9 Å². The highest BCUT2D eigenvalue weighted by Crippen LogP contribution is 2.21. The van der Waals surface area contributed by atoms with Crippen LogP contribution in [0.25, 0.3) is 0 Å². The van der Waals surface area contributed by atoms with E-state index in [1.54, 1.807) is 6.20 Å². The van der Waals surface area contributed by atoms with Crippen LogP contribution in [0.2, 0.25) is 0 Å². The Morgan fingerprint density at radius 2 is 2.12 bits per heavy atom. The Labute approximate surface area is 104 Å². The van der Waals surface area contributed by atoms with Gasteiger partial charge in [0.15, 0.2) is 0 Å². The van der Waals surface area contributed by atoms with Crippen molar-refractivity contribution in [2.24, 2.45) is 5.92 Å². The standard InChI is InChI=1S/C13H24N4/c1-2-3-12-4-6-16(7-5-12)8-9-17-11-13(14)10-15-17/h10-12H,2-9,14H2,1H3. The summed E-state index contributed by atoms with van der Waals surface area (Å²) in [7, 11) is 0. The lowest BCUT2D eigenvalue weighted by atomic mass is 9.92. The molecule has 0 bridgehead atoms. The molecule has 2 rings (SSSR count). The van der Waals surface area contributed by atoms with E-state index in [9.17, 15) is 0 Å². The van der Waals surface area contributed by atoms with E-state index in [-0.39, 0.29) is 0 Å². The predicted octanol–water partition coefficient (Wildman–Crippen LogP) is 1.98. The first-order valence-corrected chi connectivity index (χ1v) is 6.78. The maximum absolute atomic E-state index is 5.64. The van der Waals surface area contributed by atoms with Gasteiger partial charge in [0.2, 0.25) is 0 Å². The Hall–Kier alpha value is -1.03. The zero-order valence-electron chi connectivity index (χ0n) is 10.8. The maximum Gasteiger partial charge on any atom is 0.0719 e. The number of nitrogen functional groups attached to an aromatic ring is 1. The fourth-order valence-electron chi connectivity index (χ4n) is 2.65. The molecule has 1 saturated heterocycles. The molecule has 0 spiro atoms. The van der Waals surface area contributed by atoms with Crippen LogP contribution in [-0.4, -0.2) is 34.3 Å². The first kappa shape index (κ1) is 12.4. The summed E-state index contributed by atoms with van der Waals surface area (Å²) >= 11 is 0. The molecule has 1 aromatic heterocycles. The Kier molecular flexibility index (Phi) is 4.42. The van der Waals surface area contributed by atoms with Crippen molar-refractivity contribution in [2.75, 3.05) is 25.4 Å². The lowest BCUT2D eigenvalue weighted by molar-refractivity contribution is 0.171. The fraction of sp³-hybridized carbons (Fsp3) is 0.769. The van der Waals surface area contributed by atoms with Gasteiger partial charge in [-0.05, 0) is 31.8 Å². The van der Waals surface area contributed by atoms with Crippen molar-refractivity contribution in [3.05, 3.63) is 12.4 Å². The number of piperidine rings is 1. The lowest BCUT2D eigenvalue weighted by Gasteiger charge is -2.31. The first-order chi connectivity index (χ1) is 8.28. The van der Waals surface area contributed by atoms with Crippen LogP contribution in [0.15, 0.2) is 12.4 Å². The van der Waals surface area contributed by atoms with Gasteiger partial charge in [0, 0.05) is 12.7 Å². The quantitative estimate of drug-likeness (QED) is 0.850. The minimum atomic E-state index is 0.756. The molecule has 96 valence electrons. The lowest BCUT2D eigenvalue weighted by Crippen LogP contribution is -2.35. The second-order valence-electron chi connectivity index (χ2n) is 5.11. The van der Waals surface area contributed by atoms with Crippen molar-refractivity contribution in [2.45, 2.75) is 39.2 Å². The zero-order chi connectivity index (χ0) is 12.1. The summed E-state index contributed by atoms with van der Waals surface area (Å²) in [6, 6.07) is 0. The molecule has 17 heavy (non-hydrogen) atoms. The van der Waals surface area contributed by atoms with Crippen molar-refractivity contribution in [1.82, 2.24) is 14.7 Å². The highest BCUT2D eigenvalue weighted by molar-refractivity contribution is 5.30. The van der Waals surface area contributed by atoms with Gasteiger partial charge in [0.05, 0.1) is 18.4 Å². The summed E-state index contributed by atoms with van der Waals surface area (Å²) in [5.74, 6) is 0.969. The fourth-order valence-corrected chi connectivity index (χ4v) is 2.65. The van der Waals surface area contributed by atoms with Gasteiger partial charge in [-0.15, -0.1) is 0 Å². The third-order valence-electron chi connectivity index (χ3n) is 3.70. The minimum Gasteiger partial charge on any atom is -0.396 e. The molecule has 0 amide bonds. The van der Waals surface area contributed by atoms with Crippen molar-refractivity contribution in [1.29, 1.82) is 0 Å². The van der Waals surface area contributed by atoms with Gasteiger partial charge in [0.1, 0.15) is 0 Å². The number of aromatic nitrogens is 2. The zero-order valence-corrected chi connectivity index (χ0v) is 10.8. The summed E-state index contributed by atoms with van der Waals surface area (Å²) in [4.78, 5) is 2.55. The molecule has 2 heterocycles. The number of nitrogens with zero attached hydrogens (tertiary/aromatic N) is 3. The number of nitrogens with two attached hydrogens (primary N) is 1. The molecule has 1 fully saturated rings. The van der Waals surface area contributed by atoms with Crippen LogP contribution in [-0.2, 0) is 6.54 Å². The first-order valence-electron chi connectivity index (χ1n) is 6.78. The monoisotopic (exact) mass is 236 g/mol. The van der Waals surface area contributed by atoms with Gasteiger partial charge >= 0.3 is 0 Å². The summed E-state index contributed by atoms with van der Waals surface area (Å²) in [6.45, 7) is 6.84. The molecule has 0 atom stereocenters. The largest absolute Gasteiger partial charge is 0.396 e. The number of anilines is 1. The van der Waals surface area contributed by atoms with Gasteiger partial charge in [-0.1, -0.05) is 19.8 Å². The number of likely N-dealkylation sites (tertiary alicyclic amines) is 1. The summed E-state index contributed by atoms with van der Waals surface area (Å²) in [5, 5.41) is 4.21. The van der Waals surface area contributed by atoms with E-state index in [0.29, 0.717) is 0 Å². The topological polar surface area (TPSA) is 47.1 Å². The van der Waals surface area contributed by atoms with E-state index in [1.165, 1.54) is 38.8 Å². The van der Waals surface area contributed by atoms with Gasteiger partial charge < -0.3 is 10.6 Å².